The van der Waals surface area contributed by atoms with Gasteiger partial charge in [-0.3, -0.25) is 24.7 Å². The summed E-state index contributed by atoms with van der Waals surface area (Å²) in [7, 11) is 0. The number of hydrogen-bond donors (Lipinski definition) is 6. The van der Waals surface area contributed by atoms with Crippen molar-refractivity contribution in [2.45, 2.75) is 17.5 Å². The number of hydrazine groups is 1. The number of fused-ring (bicyclic) bond motifs is 1. The Hall–Kier alpha value is -3.09. The number of carbonyl (C=O) groups excluding carboxylic acids is 3. The van der Waals surface area contributed by atoms with Crippen LogP contribution in [0.2, 0.25) is 0 Å². The maximum Gasteiger partial charge on any atom is 0.353 e. The molecule has 0 aliphatic carbocycles. The van der Waals surface area contributed by atoms with E-state index in [0.717, 1.165) is 16.7 Å². The summed E-state index contributed by atoms with van der Waals surface area (Å²) in [5, 5.41) is 30.4. The van der Waals surface area contributed by atoms with E-state index >= 15 is 0 Å². The number of aromatic hydroxyl groups is 1. The monoisotopic (exact) mass is 408 g/mol. The molecule has 28 heavy (non-hydrogen) atoms. The molecule has 1 fully saturated rings. The number of phenols is 1. The number of amides is 3. The summed E-state index contributed by atoms with van der Waals surface area (Å²) in [5.41, 5.74) is 1.41. The molecule has 0 spiro atoms. The van der Waals surface area contributed by atoms with Crippen LogP contribution in [0, 0.1) is 0 Å². The Morgan fingerprint density at radius 3 is 2.46 bits per heavy atom. The number of rotatable bonds is 5. The van der Waals surface area contributed by atoms with E-state index in [2.05, 4.69) is 5.32 Å². The number of nitrogens with two attached hydrogens (primary N) is 1. The molecule has 2 aliphatic heterocycles. The van der Waals surface area contributed by atoms with E-state index in [9.17, 15) is 34.5 Å². The van der Waals surface area contributed by atoms with Gasteiger partial charge in [0.05, 0.1) is 5.57 Å². The third-order valence-electron chi connectivity index (χ3n) is 4.33. The number of thioether (sulfide) groups is 1. The zero-order valence-electron chi connectivity index (χ0n) is 14.2. The topological polar surface area (TPSA) is 182 Å². The van der Waals surface area contributed by atoms with Crippen LogP contribution in [0.15, 0.2) is 35.5 Å². The lowest BCUT2D eigenvalue weighted by Crippen LogP contribution is -2.71. The highest BCUT2D eigenvalue weighted by Gasteiger charge is 2.55. The fourth-order valence-electron chi connectivity index (χ4n) is 2.92. The molecule has 2 unspecified atom stereocenters. The van der Waals surface area contributed by atoms with Gasteiger partial charge >= 0.3 is 5.97 Å². The fourth-order valence-corrected chi connectivity index (χ4v) is 4.26. The van der Waals surface area contributed by atoms with Crippen molar-refractivity contribution in [2.24, 2.45) is 5.84 Å². The minimum atomic E-state index is -1.58. The van der Waals surface area contributed by atoms with Gasteiger partial charge in [-0.1, -0.05) is 12.1 Å². The van der Waals surface area contributed by atoms with E-state index in [-0.39, 0.29) is 22.6 Å². The molecule has 3 atom stereocenters. The molecule has 2 aliphatic rings. The number of carboxylic acid groups (broad SMARTS) is 1. The van der Waals surface area contributed by atoms with Crippen LogP contribution in [-0.2, 0) is 19.2 Å². The first-order valence-corrected chi connectivity index (χ1v) is 9.00. The summed E-state index contributed by atoms with van der Waals surface area (Å²) in [4.78, 5) is 48.9. The highest BCUT2D eigenvalue weighted by molar-refractivity contribution is 8.00. The number of aliphatic carboxylic acids is 1. The molecule has 2 heterocycles. The Labute approximate surface area is 162 Å². The van der Waals surface area contributed by atoms with Gasteiger partial charge < -0.3 is 20.6 Å². The van der Waals surface area contributed by atoms with E-state index < -0.39 is 46.9 Å². The highest BCUT2D eigenvalue weighted by Crippen LogP contribution is 2.40. The summed E-state index contributed by atoms with van der Waals surface area (Å²) >= 11 is 1.09. The first-order chi connectivity index (χ1) is 13.3. The first-order valence-electron chi connectivity index (χ1n) is 7.95. The predicted molar refractivity (Wildman–Crippen MR) is 95.1 cm³/mol. The molecule has 3 rings (SSSR count). The minimum Gasteiger partial charge on any atom is -0.508 e. The molecule has 0 bridgehead atoms. The maximum atomic E-state index is 12.4. The lowest BCUT2D eigenvalue weighted by Gasteiger charge is -2.49. The van der Waals surface area contributed by atoms with Crippen LogP contribution in [0.1, 0.15) is 11.7 Å². The van der Waals surface area contributed by atoms with Crippen molar-refractivity contribution < 1.29 is 34.5 Å². The van der Waals surface area contributed by atoms with Crippen molar-refractivity contribution >= 4 is 35.5 Å². The molecule has 3 amide bonds. The maximum absolute atomic E-state index is 12.4. The lowest BCUT2D eigenvalue weighted by atomic mass is 10.0. The van der Waals surface area contributed by atoms with E-state index in [1.807, 2.05) is 5.43 Å². The molecule has 148 valence electrons. The van der Waals surface area contributed by atoms with Gasteiger partial charge in [-0.25, -0.2) is 10.6 Å². The van der Waals surface area contributed by atoms with Crippen LogP contribution in [0.3, 0.4) is 0 Å². The third-order valence-corrected chi connectivity index (χ3v) is 5.61. The summed E-state index contributed by atoms with van der Waals surface area (Å²) in [6, 6.07) is 4.25. The second kappa shape index (κ2) is 7.50. The van der Waals surface area contributed by atoms with Crippen LogP contribution in [0.4, 0.5) is 0 Å². The summed E-state index contributed by atoms with van der Waals surface area (Å²) in [6.07, 6.45) is -1.58. The number of carbonyl (C=O) groups is 4. The number of benzene rings is 1. The van der Waals surface area contributed by atoms with Crippen molar-refractivity contribution in [2.75, 3.05) is 5.75 Å². The first kappa shape index (κ1) is 19.7. The average molecular weight is 408 g/mol. The van der Waals surface area contributed by atoms with Gasteiger partial charge in [0.2, 0.25) is 0 Å². The quantitative estimate of drug-likeness (QED) is 0.141. The van der Waals surface area contributed by atoms with Crippen molar-refractivity contribution in [3.05, 3.63) is 41.1 Å². The minimum absolute atomic E-state index is 0.0218. The molecule has 1 aromatic carbocycles. The van der Waals surface area contributed by atoms with E-state index in [4.69, 9.17) is 5.84 Å². The van der Waals surface area contributed by atoms with Gasteiger partial charge in [-0.15, -0.1) is 11.8 Å². The van der Waals surface area contributed by atoms with Crippen LogP contribution in [0.5, 0.6) is 5.75 Å². The smallest absolute Gasteiger partial charge is 0.353 e. The summed E-state index contributed by atoms with van der Waals surface area (Å²) in [6.45, 7) is 0. The number of hydrogen-bond acceptors (Lipinski definition) is 8. The molecule has 1 aromatic rings. The van der Waals surface area contributed by atoms with Gasteiger partial charge in [0.1, 0.15) is 22.9 Å². The Balaban J connectivity index is 1.75. The number of phenolic OH excluding ortho intramolecular Hbond substituents is 1. The molecule has 0 saturated carbocycles. The van der Waals surface area contributed by atoms with E-state index in [1.54, 1.807) is 0 Å². The predicted octanol–water partition coefficient (Wildman–Crippen LogP) is -1.85. The molecule has 0 aromatic heterocycles. The third kappa shape index (κ3) is 3.28. The standard InChI is InChI=1S/C16H16N4O7S/c17-19-12(23)8-5-28-15-9(14(25)20(15)10(8)16(26)27)18-13(24)11(22)6-1-3-7(21)4-2-6/h1-4,9,11,15,21-22H,5,17H2,(H,18,24)(H,19,23)(H,26,27)/t9?,11?,15-/m1/s1. The molecular weight excluding hydrogens is 392 g/mol. The average Bonchev–Trinajstić information content (AvgIpc) is 2.69. The number of β-lactam (4-membered cyclic amide) rings is 1. The van der Waals surface area contributed by atoms with Crippen molar-refractivity contribution in [3.8, 4) is 5.75 Å². The number of aliphatic hydroxyl groups excluding tert-OH is 1. The van der Waals surface area contributed by atoms with E-state index in [1.165, 1.54) is 24.3 Å². The van der Waals surface area contributed by atoms with Crippen molar-refractivity contribution in [3.63, 3.8) is 0 Å². The second-order valence-electron chi connectivity index (χ2n) is 6.00. The summed E-state index contributed by atoms with van der Waals surface area (Å²) in [5.74, 6) is 1.14. The largest absolute Gasteiger partial charge is 0.508 e. The second-order valence-corrected chi connectivity index (χ2v) is 7.10. The Morgan fingerprint density at radius 2 is 1.89 bits per heavy atom. The van der Waals surface area contributed by atoms with Crippen LogP contribution < -0.4 is 16.6 Å². The summed E-state index contributed by atoms with van der Waals surface area (Å²) < 4.78 is 0. The SMILES string of the molecule is NNC(=O)C1=C(C(=O)O)N2C(=O)C(NC(=O)C(O)c3ccc(O)cc3)[C@H]2SC1. The number of nitrogens with zero attached hydrogens (tertiary/aromatic N) is 1. The number of carboxylic acids is 1. The zero-order valence-corrected chi connectivity index (χ0v) is 15.0. The Bertz CT molecular complexity index is 885. The lowest BCUT2D eigenvalue weighted by molar-refractivity contribution is -0.152. The molecule has 7 N–H and O–H groups in total. The Kier molecular flexibility index (Phi) is 5.27. The highest BCUT2D eigenvalue weighted by atomic mass is 32.2. The number of aliphatic hydroxyl groups is 1. The molecule has 0 radical (unpaired) electrons. The van der Waals surface area contributed by atoms with E-state index in [0.29, 0.717) is 0 Å². The zero-order chi connectivity index (χ0) is 20.6. The van der Waals surface area contributed by atoms with Crippen LogP contribution in [-0.4, -0.2) is 61.1 Å². The van der Waals surface area contributed by atoms with Crippen LogP contribution in [0.25, 0.3) is 0 Å². The van der Waals surface area contributed by atoms with Gasteiger partial charge in [-0.05, 0) is 17.7 Å². The fraction of sp³-hybridized carbons (Fsp3) is 0.250. The van der Waals surface area contributed by atoms with Gasteiger partial charge in [-0.2, -0.15) is 0 Å². The normalized spacial score (nSPS) is 22.1. The van der Waals surface area contributed by atoms with Gasteiger partial charge in [0, 0.05) is 5.75 Å². The van der Waals surface area contributed by atoms with Gasteiger partial charge in [0.15, 0.2) is 6.10 Å². The van der Waals surface area contributed by atoms with Crippen molar-refractivity contribution in [1.82, 2.24) is 15.6 Å². The number of nitrogens with one attached hydrogen (secondary N) is 2. The molecular formula is C16H16N4O7S. The molecule has 1 saturated heterocycles. The molecule has 11 nitrogen and oxygen atoms in total. The Morgan fingerprint density at radius 1 is 1.25 bits per heavy atom. The molecule has 12 heteroatoms. The van der Waals surface area contributed by atoms with Gasteiger partial charge in [0.25, 0.3) is 17.7 Å². The van der Waals surface area contributed by atoms with Crippen LogP contribution >= 0.6 is 11.8 Å². The van der Waals surface area contributed by atoms with Crippen molar-refractivity contribution in [1.29, 1.82) is 0 Å².